The van der Waals surface area contributed by atoms with E-state index in [1.165, 1.54) is 12.4 Å². The molecule has 0 saturated heterocycles. The third-order valence-electron chi connectivity index (χ3n) is 2.14. The first-order valence-electron chi connectivity index (χ1n) is 5.34. The zero-order valence-electron chi connectivity index (χ0n) is 9.84. The highest BCUT2D eigenvalue weighted by atomic mass is 16.4. The summed E-state index contributed by atoms with van der Waals surface area (Å²) in [7, 11) is 0. The molecule has 0 atom stereocenters. The van der Waals surface area contributed by atoms with Gasteiger partial charge in [-0.25, -0.2) is 14.8 Å². The highest BCUT2D eigenvalue weighted by molar-refractivity contribution is 5.86. The van der Waals surface area contributed by atoms with Gasteiger partial charge in [-0.05, 0) is 12.8 Å². The third kappa shape index (κ3) is 3.18. The number of rotatable bonds is 5. The maximum absolute atomic E-state index is 10.6. The lowest BCUT2D eigenvalue weighted by atomic mass is 10.2. The lowest BCUT2D eigenvalue weighted by Crippen LogP contribution is -2.29. The predicted molar refractivity (Wildman–Crippen MR) is 61.7 cm³/mol. The summed E-state index contributed by atoms with van der Waals surface area (Å²) in [5, 5.41) is 8.72. The van der Waals surface area contributed by atoms with Crippen LogP contribution in [-0.4, -0.2) is 34.1 Å². The van der Waals surface area contributed by atoms with Crippen LogP contribution >= 0.6 is 0 Å². The quantitative estimate of drug-likeness (QED) is 0.822. The smallest absolute Gasteiger partial charge is 0.338 e. The van der Waals surface area contributed by atoms with Crippen LogP contribution in [0.25, 0.3) is 0 Å². The third-order valence-corrected chi connectivity index (χ3v) is 2.14. The second-order valence-corrected chi connectivity index (χ2v) is 4.01. The molecule has 0 bridgehead atoms. The fraction of sp³-hybridized carbons (Fsp3) is 0.545. The van der Waals surface area contributed by atoms with Crippen molar-refractivity contribution in [1.82, 2.24) is 9.97 Å². The summed E-state index contributed by atoms with van der Waals surface area (Å²) in [4.78, 5) is 20.8. The molecule has 0 aliphatic rings. The Morgan fingerprint density at radius 2 is 2.00 bits per heavy atom. The van der Waals surface area contributed by atoms with Crippen LogP contribution in [0.15, 0.2) is 12.4 Å². The lowest BCUT2D eigenvalue weighted by Gasteiger charge is -2.22. The summed E-state index contributed by atoms with van der Waals surface area (Å²) in [5.74, 6) is 0.0994. The van der Waals surface area contributed by atoms with E-state index in [9.17, 15) is 4.79 Å². The number of carboxylic acids is 1. The zero-order valence-corrected chi connectivity index (χ0v) is 9.84. The molecular formula is C11H17N3O2. The first kappa shape index (κ1) is 12.4. The molecule has 1 aromatic rings. The van der Waals surface area contributed by atoms with Gasteiger partial charge in [0, 0.05) is 25.5 Å². The van der Waals surface area contributed by atoms with Crippen molar-refractivity contribution in [3.8, 4) is 0 Å². The Morgan fingerprint density at radius 1 is 1.44 bits per heavy atom. The Labute approximate surface area is 95.1 Å². The summed E-state index contributed by atoms with van der Waals surface area (Å²) in [6, 6.07) is 0. The molecule has 1 heterocycles. The first-order chi connectivity index (χ1) is 7.54. The Bertz CT molecular complexity index is 349. The van der Waals surface area contributed by atoms with E-state index in [1.54, 1.807) is 0 Å². The first-order valence-corrected chi connectivity index (χ1v) is 5.34. The Kier molecular flexibility index (Phi) is 4.22. The topological polar surface area (TPSA) is 66.3 Å². The molecule has 16 heavy (non-hydrogen) atoms. The Balaban J connectivity index is 2.82. The van der Waals surface area contributed by atoms with E-state index >= 15 is 0 Å². The number of anilines is 1. The molecule has 0 unspecified atom stereocenters. The highest BCUT2D eigenvalue weighted by Crippen LogP contribution is 2.09. The van der Waals surface area contributed by atoms with Crippen molar-refractivity contribution < 1.29 is 9.90 Å². The number of aromatic nitrogens is 2. The Hall–Kier alpha value is -1.65. The van der Waals surface area contributed by atoms with Crippen molar-refractivity contribution in [2.24, 2.45) is 5.92 Å². The molecule has 0 saturated carbocycles. The summed E-state index contributed by atoms with van der Waals surface area (Å²) in [6.07, 6.45) is 2.68. The fourth-order valence-corrected chi connectivity index (χ4v) is 1.39. The van der Waals surface area contributed by atoms with Crippen molar-refractivity contribution in [3.63, 3.8) is 0 Å². The zero-order chi connectivity index (χ0) is 12.1. The van der Waals surface area contributed by atoms with Crippen molar-refractivity contribution in [2.75, 3.05) is 18.0 Å². The molecule has 0 amide bonds. The van der Waals surface area contributed by atoms with E-state index in [0.717, 1.165) is 13.1 Å². The average molecular weight is 223 g/mol. The van der Waals surface area contributed by atoms with Gasteiger partial charge in [0.25, 0.3) is 0 Å². The number of nitrogens with zero attached hydrogens (tertiary/aromatic N) is 3. The predicted octanol–water partition coefficient (Wildman–Crippen LogP) is 1.66. The standard InChI is InChI=1S/C11H17N3O2/c1-4-14(7-8(2)3)11-12-5-9(6-13-11)10(15)16/h5-6,8H,4,7H2,1-3H3,(H,15,16). The van der Waals surface area contributed by atoms with Crippen LogP contribution in [0.2, 0.25) is 0 Å². The summed E-state index contributed by atoms with van der Waals surface area (Å²) in [5.41, 5.74) is 0.115. The van der Waals surface area contributed by atoms with Gasteiger partial charge in [-0.15, -0.1) is 0 Å². The fourth-order valence-electron chi connectivity index (χ4n) is 1.39. The molecule has 1 N–H and O–H groups in total. The number of carbonyl (C=O) groups is 1. The lowest BCUT2D eigenvalue weighted by molar-refractivity contribution is 0.0696. The van der Waals surface area contributed by atoms with E-state index in [4.69, 9.17) is 5.11 Å². The molecule has 5 nitrogen and oxygen atoms in total. The van der Waals surface area contributed by atoms with Crippen LogP contribution in [0.4, 0.5) is 5.95 Å². The van der Waals surface area contributed by atoms with Gasteiger partial charge in [0.05, 0.1) is 5.56 Å². The van der Waals surface area contributed by atoms with E-state index in [0.29, 0.717) is 11.9 Å². The molecular weight excluding hydrogens is 206 g/mol. The minimum Gasteiger partial charge on any atom is -0.478 e. The van der Waals surface area contributed by atoms with Crippen molar-refractivity contribution in [3.05, 3.63) is 18.0 Å². The maximum Gasteiger partial charge on any atom is 0.338 e. The van der Waals surface area contributed by atoms with Gasteiger partial charge >= 0.3 is 5.97 Å². The van der Waals surface area contributed by atoms with Gasteiger partial charge in [-0.1, -0.05) is 13.8 Å². The average Bonchev–Trinajstić information content (AvgIpc) is 2.25. The van der Waals surface area contributed by atoms with Gasteiger partial charge in [0.15, 0.2) is 0 Å². The number of hydrogen-bond donors (Lipinski definition) is 1. The molecule has 0 aliphatic carbocycles. The molecule has 0 aliphatic heterocycles. The molecule has 0 spiro atoms. The number of aromatic carboxylic acids is 1. The van der Waals surface area contributed by atoms with Crippen molar-refractivity contribution in [1.29, 1.82) is 0 Å². The van der Waals surface area contributed by atoms with Crippen LogP contribution < -0.4 is 4.90 Å². The van der Waals surface area contributed by atoms with E-state index in [-0.39, 0.29) is 5.56 Å². The second-order valence-electron chi connectivity index (χ2n) is 4.01. The number of hydrogen-bond acceptors (Lipinski definition) is 4. The monoisotopic (exact) mass is 223 g/mol. The van der Waals surface area contributed by atoms with E-state index in [1.807, 2.05) is 11.8 Å². The van der Waals surface area contributed by atoms with Crippen molar-refractivity contribution >= 4 is 11.9 Å². The summed E-state index contributed by atoms with van der Waals surface area (Å²) < 4.78 is 0. The Morgan fingerprint density at radius 3 is 2.38 bits per heavy atom. The molecule has 0 aromatic carbocycles. The summed E-state index contributed by atoms with van der Waals surface area (Å²) >= 11 is 0. The van der Waals surface area contributed by atoms with Crippen molar-refractivity contribution in [2.45, 2.75) is 20.8 Å². The molecule has 1 aromatic heterocycles. The minimum absolute atomic E-state index is 0.115. The SMILES string of the molecule is CCN(CC(C)C)c1ncc(C(=O)O)cn1. The van der Waals surface area contributed by atoms with E-state index in [2.05, 4.69) is 23.8 Å². The minimum atomic E-state index is -1.00. The van der Waals surface area contributed by atoms with Gasteiger partial charge in [-0.3, -0.25) is 0 Å². The van der Waals surface area contributed by atoms with Crippen LogP contribution in [-0.2, 0) is 0 Å². The molecule has 1 rings (SSSR count). The van der Waals surface area contributed by atoms with Crippen LogP contribution in [0, 0.1) is 5.92 Å². The largest absolute Gasteiger partial charge is 0.478 e. The second kappa shape index (κ2) is 5.44. The van der Waals surface area contributed by atoms with Gasteiger partial charge < -0.3 is 10.0 Å². The summed E-state index contributed by atoms with van der Waals surface area (Å²) in [6.45, 7) is 7.94. The molecule has 0 fully saturated rings. The van der Waals surface area contributed by atoms with Gasteiger partial charge in [0.2, 0.25) is 5.95 Å². The normalized spacial score (nSPS) is 10.5. The molecule has 88 valence electrons. The van der Waals surface area contributed by atoms with Crippen LogP contribution in [0.3, 0.4) is 0 Å². The van der Waals surface area contributed by atoms with Gasteiger partial charge in [0.1, 0.15) is 0 Å². The van der Waals surface area contributed by atoms with Crippen LogP contribution in [0.1, 0.15) is 31.1 Å². The molecule has 0 radical (unpaired) electrons. The maximum atomic E-state index is 10.6. The molecule has 5 heteroatoms. The van der Waals surface area contributed by atoms with Gasteiger partial charge in [-0.2, -0.15) is 0 Å². The van der Waals surface area contributed by atoms with E-state index < -0.39 is 5.97 Å². The van der Waals surface area contributed by atoms with Crippen LogP contribution in [0.5, 0.6) is 0 Å². The number of carboxylic acid groups (broad SMARTS) is 1. The highest BCUT2D eigenvalue weighted by Gasteiger charge is 2.10.